The maximum atomic E-state index is 13.0. The molecular formula is C28H32N2O4S. The highest BCUT2D eigenvalue weighted by Crippen LogP contribution is 2.25. The van der Waals surface area contributed by atoms with Gasteiger partial charge in [0.1, 0.15) is 6.54 Å². The van der Waals surface area contributed by atoms with Gasteiger partial charge < -0.3 is 5.32 Å². The van der Waals surface area contributed by atoms with Crippen LogP contribution in [0.25, 0.3) is 0 Å². The zero-order valence-corrected chi connectivity index (χ0v) is 21.6. The van der Waals surface area contributed by atoms with Crippen molar-refractivity contribution in [3.63, 3.8) is 0 Å². The number of anilines is 2. The van der Waals surface area contributed by atoms with Gasteiger partial charge >= 0.3 is 0 Å². The van der Waals surface area contributed by atoms with Crippen LogP contribution < -0.4 is 9.62 Å². The largest absolute Gasteiger partial charge is 0.324 e. The van der Waals surface area contributed by atoms with Gasteiger partial charge in [0.05, 0.1) is 11.9 Å². The van der Waals surface area contributed by atoms with Crippen LogP contribution >= 0.6 is 0 Å². The molecule has 0 aromatic heterocycles. The lowest BCUT2D eigenvalue weighted by Crippen LogP contribution is -2.38. The summed E-state index contributed by atoms with van der Waals surface area (Å²) in [6, 6.07) is 21.3. The SMILES string of the molecule is CCc1ccccc1N(CC(=O)Nc1cccc(C(=O)c2ccc(C(C)(C)C)cc2)c1)S(C)(=O)=O. The summed E-state index contributed by atoms with van der Waals surface area (Å²) in [5.41, 5.74) is 3.85. The Hall–Kier alpha value is -3.45. The molecule has 3 aromatic rings. The first-order chi connectivity index (χ1) is 16.4. The molecule has 0 aliphatic carbocycles. The van der Waals surface area contributed by atoms with E-state index >= 15 is 0 Å². The summed E-state index contributed by atoms with van der Waals surface area (Å²) >= 11 is 0. The van der Waals surface area contributed by atoms with E-state index in [0.717, 1.165) is 21.7 Å². The van der Waals surface area contributed by atoms with Gasteiger partial charge in [-0.3, -0.25) is 13.9 Å². The molecule has 0 aliphatic heterocycles. The Morgan fingerprint density at radius 2 is 1.54 bits per heavy atom. The molecular weight excluding hydrogens is 460 g/mol. The highest BCUT2D eigenvalue weighted by Gasteiger charge is 2.23. The number of nitrogens with zero attached hydrogens (tertiary/aromatic N) is 1. The lowest BCUT2D eigenvalue weighted by molar-refractivity contribution is -0.114. The summed E-state index contributed by atoms with van der Waals surface area (Å²) in [5.74, 6) is -0.656. The van der Waals surface area contributed by atoms with Crippen molar-refractivity contribution in [2.45, 2.75) is 39.5 Å². The summed E-state index contributed by atoms with van der Waals surface area (Å²) < 4.78 is 26.1. The van der Waals surface area contributed by atoms with Gasteiger partial charge in [-0.05, 0) is 41.2 Å². The van der Waals surface area contributed by atoms with E-state index in [0.29, 0.717) is 28.9 Å². The molecule has 1 amide bonds. The fraction of sp³-hybridized carbons (Fsp3) is 0.286. The first-order valence-electron chi connectivity index (χ1n) is 11.5. The van der Waals surface area contributed by atoms with Crippen molar-refractivity contribution in [3.8, 4) is 0 Å². The maximum absolute atomic E-state index is 13.0. The van der Waals surface area contributed by atoms with Gasteiger partial charge in [0, 0.05) is 16.8 Å². The number of sulfonamides is 1. The number of para-hydroxylation sites is 1. The molecule has 0 fully saturated rings. The Labute approximate surface area is 208 Å². The minimum atomic E-state index is -3.69. The highest BCUT2D eigenvalue weighted by atomic mass is 32.2. The maximum Gasteiger partial charge on any atom is 0.245 e. The van der Waals surface area contributed by atoms with Crippen LogP contribution in [-0.2, 0) is 26.7 Å². The van der Waals surface area contributed by atoms with E-state index in [1.165, 1.54) is 0 Å². The van der Waals surface area contributed by atoms with Gasteiger partial charge in [-0.2, -0.15) is 0 Å². The molecule has 0 bridgehead atoms. The summed E-state index contributed by atoms with van der Waals surface area (Å²) in [7, 11) is -3.69. The van der Waals surface area contributed by atoms with Crippen molar-refractivity contribution in [1.29, 1.82) is 0 Å². The lowest BCUT2D eigenvalue weighted by atomic mass is 9.86. The smallest absolute Gasteiger partial charge is 0.245 e. The molecule has 0 aliphatic rings. The fourth-order valence-corrected chi connectivity index (χ4v) is 4.68. The Kier molecular flexibility index (Phi) is 7.80. The van der Waals surface area contributed by atoms with Gasteiger partial charge in [0.15, 0.2) is 5.78 Å². The number of hydrogen-bond acceptors (Lipinski definition) is 4. The van der Waals surface area contributed by atoms with Crippen LogP contribution in [0.5, 0.6) is 0 Å². The normalized spacial score (nSPS) is 11.7. The quantitative estimate of drug-likeness (QED) is 0.439. The standard InChI is InChI=1S/C28H32N2O4S/c1-6-20-10-7-8-13-25(20)30(35(5,33)34)19-26(31)29-24-12-9-11-22(18-24)27(32)21-14-16-23(17-15-21)28(2,3)4/h7-18H,6,19H2,1-5H3,(H,29,31). The predicted molar refractivity (Wildman–Crippen MR) is 142 cm³/mol. The monoisotopic (exact) mass is 492 g/mol. The fourth-order valence-electron chi connectivity index (χ4n) is 3.79. The van der Waals surface area contributed by atoms with Crippen molar-refractivity contribution in [1.82, 2.24) is 0 Å². The molecule has 184 valence electrons. The lowest BCUT2D eigenvalue weighted by Gasteiger charge is -2.24. The van der Waals surface area contributed by atoms with Crippen molar-refractivity contribution in [2.75, 3.05) is 22.4 Å². The Morgan fingerprint density at radius 1 is 0.886 bits per heavy atom. The molecule has 3 aromatic carbocycles. The first-order valence-corrected chi connectivity index (χ1v) is 13.4. The third-order valence-corrected chi connectivity index (χ3v) is 6.88. The van der Waals surface area contributed by atoms with Gasteiger partial charge in [0.25, 0.3) is 0 Å². The summed E-state index contributed by atoms with van der Waals surface area (Å²) in [6.07, 6.45) is 1.71. The second-order valence-corrected chi connectivity index (χ2v) is 11.4. The summed E-state index contributed by atoms with van der Waals surface area (Å²) in [4.78, 5) is 25.8. The van der Waals surface area contributed by atoms with Crippen molar-refractivity contribution in [2.24, 2.45) is 0 Å². The van der Waals surface area contributed by atoms with E-state index in [4.69, 9.17) is 0 Å². The van der Waals surface area contributed by atoms with Crippen LogP contribution in [-0.4, -0.2) is 32.9 Å². The van der Waals surface area contributed by atoms with Gasteiger partial charge in [-0.25, -0.2) is 8.42 Å². The number of ketones is 1. The van der Waals surface area contributed by atoms with Crippen LogP contribution in [0.3, 0.4) is 0 Å². The minimum Gasteiger partial charge on any atom is -0.324 e. The third-order valence-electron chi connectivity index (χ3n) is 5.75. The number of benzene rings is 3. The molecule has 0 unspecified atom stereocenters. The molecule has 6 nitrogen and oxygen atoms in total. The number of rotatable bonds is 8. The zero-order valence-electron chi connectivity index (χ0n) is 20.8. The molecule has 3 rings (SSSR count). The van der Waals surface area contributed by atoms with E-state index in [9.17, 15) is 18.0 Å². The number of amides is 1. The van der Waals surface area contributed by atoms with Crippen LogP contribution in [0.1, 0.15) is 54.7 Å². The number of nitrogens with one attached hydrogen (secondary N) is 1. The van der Waals surface area contributed by atoms with E-state index in [2.05, 4.69) is 26.1 Å². The van der Waals surface area contributed by atoms with E-state index in [1.54, 1.807) is 36.4 Å². The average Bonchev–Trinajstić information content (AvgIpc) is 2.81. The predicted octanol–water partition coefficient (Wildman–Crippen LogP) is 5.18. The van der Waals surface area contributed by atoms with Crippen molar-refractivity contribution < 1.29 is 18.0 Å². The summed E-state index contributed by atoms with van der Waals surface area (Å²) in [5, 5.41) is 2.73. The van der Waals surface area contributed by atoms with Gasteiger partial charge in [-0.1, -0.05) is 82.3 Å². The molecule has 7 heteroatoms. The molecule has 1 N–H and O–H groups in total. The van der Waals surface area contributed by atoms with E-state index in [1.807, 2.05) is 43.3 Å². The molecule has 0 saturated carbocycles. The topological polar surface area (TPSA) is 83.6 Å². The van der Waals surface area contributed by atoms with Crippen molar-refractivity contribution in [3.05, 3.63) is 95.1 Å². The molecule has 0 spiro atoms. The molecule has 35 heavy (non-hydrogen) atoms. The van der Waals surface area contributed by atoms with Gasteiger partial charge in [0.2, 0.25) is 15.9 Å². The van der Waals surface area contributed by atoms with Crippen LogP contribution in [0.2, 0.25) is 0 Å². The number of hydrogen-bond donors (Lipinski definition) is 1. The number of carbonyl (C=O) groups excluding carboxylic acids is 2. The third kappa shape index (κ3) is 6.57. The van der Waals surface area contributed by atoms with Crippen molar-refractivity contribution >= 4 is 33.1 Å². The van der Waals surface area contributed by atoms with Gasteiger partial charge in [-0.15, -0.1) is 0 Å². The minimum absolute atomic E-state index is 0.0106. The Morgan fingerprint density at radius 3 is 2.14 bits per heavy atom. The summed E-state index contributed by atoms with van der Waals surface area (Å²) in [6.45, 7) is 7.89. The molecule has 0 heterocycles. The Balaban J connectivity index is 1.78. The van der Waals surface area contributed by atoms with Crippen LogP contribution in [0.15, 0.2) is 72.8 Å². The average molecular weight is 493 g/mol. The first kappa shape index (κ1) is 26.2. The van der Waals surface area contributed by atoms with Crippen LogP contribution in [0.4, 0.5) is 11.4 Å². The number of aryl methyl sites for hydroxylation is 1. The number of carbonyl (C=O) groups is 2. The zero-order chi connectivity index (χ0) is 25.8. The molecule has 0 saturated heterocycles. The Bertz CT molecular complexity index is 1320. The molecule has 0 radical (unpaired) electrons. The highest BCUT2D eigenvalue weighted by molar-refractivity contribution is 7.92. The second kappa shape index (κ2) is 10.4. The van der Waals surface area contributed by atoms with E-state index in [-0.39, 0.29) is 17.7 Å². The molecule has 0 atom stereocenters. The van der Waals surface area contributed by atoms with E-state index < -0.39 is 15.9 Å². The second-order valence-electron chi connectivity index (χ2n) is 9.54. The van der Waals surface area contributed by atoms with Crippen LogP contribution in [0, 0.1) is 0 Å².